The first-order chi connectivity index (χ1) is 16.4. The molecule has 4 aromatic rings. The third-order valence-corrected chi connectivity index (χ3v) is 6.89. The minimum atomic E-state index is -4.28. The molecule has 12 heteroatoms. The lowest BCUT2D eigenvalue weighted by atomic mass is 10.2. The molecule has 0 aliphatic carbocycles. The van der Waals surface area contributed by atoms with Crippen molar-refractivity contribution in [2.24, 2.45) is 0 Å². The summed E-state index contributed by atoms with van der Waals surface area (Å²) in [6.07, 6.45) is 4.70. The molecule has 0 aliphatic rings. The van der Waals surface area contributed by atoms with E-state index in [1.54, 1.807) is 62.0 Å². The number of hydrogen-bond donors (Lipinski definition) is 0. The molecule has 0 atom stereocenters. The Bertz CT molecular complexity index is 1480. The topological polar surface area (TPSA) is 107 Å². The Labute approximate surface area is 212 Å². The van der Waals surface area contributed by atoms with Crippen LogP contribution in [0.1, 0.15) is 20.8 Å². The van der Waals surface area contributed by atoms with E-state index in [2.05, 4.69) is 15.0 Å². The zero-order chi connectivity index (χ0) is 25.4. The molecular formula is C23H21Cl2N5O4S. The van der Waals surface area contributed by atoms with Crippen molar-refractivity contribution in [1.82, 2.24) is 19.5 Å². The summed E-state index contributed by atoms with van der Waals surface area (Å²) in [6.45, 7) is 4.52. The van der Waals surface area contributed by atoms with E-state index in [-0.39, 0.29) is 20.6 Å². The second-order valence-electron chi connectivity index (χ2n) is 8.54. The summed E-state index contributed by atoms with van der Waals surface area (Å²) in [5.41, 5.74) is 0.528. The lowest BCUT2D eigenvalue weighted by molar-refractivity contribution is -0.152. The van der Waals surface area contributed by atoms with Gasteiger partial charge in [0.1, 0.15) is 18.5 Å². The van der Waals surface area contributed by atoms with Crippen molar-refractivity contribution >= 4 is 55.9 Å². The van der Waals surface area contributed by atoms with Crippen LogP contribution in [0.4, 0.5) is 5.69 Å². The number of fused-ring (bicyclic) bond motifs is 1. The van der Waals surface area contributed by atoms with E-state index in [0.717, 1.165) is 4.31 Å². The standard InChI is InChI=1S/C23H21Cl2N5O4S/c1-23(2,3)34-21(31)13-30(35(32,33)18-10-15(24)9-16(25)11-18)17-5-6-19-20(12-17)29(14-28-19)22-26-7-4-8-27-22/h4-12,14H,13H2,1-3H3. The number of imidazole rings is 1. The quantitative estimate of drug-likeness (QED) is 0.331. The zero-order valence-electron chi connectivity index (χ0n) is 19.0. The van der Waals surface area contributed by atoms with Gasteiger partial charge >= 0.3 is 5.97 Å². The highest BCUT2D eigenvalue weighted by Gasteiger charge is 2.30. The molecule has 0 radical (unpaired) electrons. The smallest absolute Gasteiger partial charge is 0.327 e. The number of halogens is 2. The maximum absolute atomic E-state index is 13.7. The molecule has 182 valence electrons. The Morgan fingerprint density at radius 2 is 1.69 bits per heavy atom. The second-order valence-corrected chi connectivity index (χ2v) is 11.3. The summed E-state index contributed by atoms with van der Waals surface area (Å²) in [4.78, 5) is 25.4. The molecule has 2 aromatic heterocycles. The summed E-state index contributed by atoms with van der Waals surface area (Å²) in [7, 11) is -4.28. The first-order valence-electron chi connectivity index (χ1n) is 10.4. The summed E-state index contributed by atoms with van der Waals surface area (Å²) in [6, 6.07) is 10.4. The lowest BCUT2D eigenvalue weighted by Crippen LogP contribution is -2.39. The number of nitrogens with zero attached hydrogens (tertiary/aromatic N) is 5. The van der Waals surface area contributed by atoms with Crippen LogP contribution in [0.15, 0.2) is 66.1 Å². The van der Waals surface area contributed by atoms with Gasteiger partial charge in [-0.3, -0.25) is 13.7 Å². The fourth-order valence-electron chi connectivity index (χ4n) is 3.34. The summed E-state index contributed by atoms with van der Waals surface area (Å²) >= 11 is 12.1. The van der Waals surface area contributed by atoms with Crippen molar-refractivity contribution in [1.29, 1.82) is 0 Å². The molecule has 4 rings (SSSR count). The zero-order valence-corrected chi connectivity index (χ0v) is 21.3. The van der Waals surface area contributed by atoms with Gasteiger partial charge in [0.25, 0.3) is 10.0 Å². The van der Waals surface area contributed by atoms with Crippen LogP contribution >= 0.6 is 23.2 Å². The van der Waals surface area contributed by atoms with Gasteiger partial charge < -0.3 is 4.74 Å². The van der Waals surface area contributed by atoms with Gasteiger partial charge in [-0.15, -0.1) is 0 Å². The van der Waals surface area contributed by atoms with Gasteiger partial charge in [-0.1, -0.05) is 23.2 Å². The lowest BCUT2D eigenvalue weighted by Gasteiger charge is -2.26. The van der Waals surface area contributed by atoms with Gasteiger partial charge in [-0.05, 0) is 63.2 Å². The van der Waals surface area contributed by atoms with Gasteiger partial charge in [0, 0.05) is 22.4 Å². The molecule has 0 N–H and O–H groups in total. The van der Waals surface area contributed by atoms with E-state index < -0.39 is 28.1 Å². The van der Waals surface area contributed by atoms with E-state index in [1.165, 1.54) is 24.5 Å². The van der Waals surface area contributed by atoms with Gasteiger partial charge in [0.15, 0.2) is 0 Å². The molecule has 2 heterocycles. The number of rotatable bonds is 6. The fraction of sp³-hybridized carbons (Fsp3) is 0.217. The molecule has 0 unspecified atom stereocenters. The average Bonchev–Trinajstić information content (AvgIpc) is 3.19. The van der Waals surface area contributed by atoms with Crippen molar-refractivity contribution in [2.45, 2.75) is 31.3 Å². The minimum Gasteiger partial charge on any atom is -0.459 e. The first kappa shape index (κ1) is 24.9. The molecule has 2 aromatic carbocycles. The van der Waals surface area contributed by atoms with Crippen LogP contribution in [-0.2, 0) is 19.6 Å². The summed E-state index contributed by atoms with van der Waals surface area (Å²) < 4.78 is 35.4. The Balaban J connectivity index is 1.85. The number of hydrogen-bond acceptors (Lipinski definition) is 7. The predicted molar refractivity (Wildman–Crippen MR) is 133 cm³/mol. The maximum Gasteiger partial charge on any atom is 0.327 e. The van der Waals surface area contributed by atoms with Gasteiger partial charge in [-0.25, -0.2) is 23.4 Å². The number of sulfonamides is 1. The van der Waals surface area contributed by atoms with Gasteiger partial charge in [0.2, 0.25) is 5.95 Å². The largest absolute Gasteiger partial charge is 0.459 e. The summed E-state index contributed by atoms with van der Waals surface area (Å²) in [5.74, 6) is -0.371. The van der Waals surface area contributed by atoms with Crippen molar-refractivity contribution in [3.8, 4) is 5.95 Å². The van der Waals surface area contributed by atoms with Crippen molar-refractivity contribution in [3.05, 3.63) is 71.2 Å². The molecule has 35 heavy (non-hydrogen) atoms. The highest BCUT2D eigenvalue weighted by molar-refractivity contribution is 7.92. The Kier molecular flexibility index (Phi) is 6.72. The number of esters is 1. The van der Waals surface area contributed by atoms with Crippen molar-refractivity contribution < 1.29 is 17.9 Å². The van der Waals surface area contributed by atoms with Crippen molar-refractivity contribution in [3.63, 3.8) is 0 Å². The normalized spacial score (nSPS) is 12.0. The van der Waals surface area contributed by atoms with E-state index in [9.17, 15) is 13.2 Å². The number of ether oxygens (including phenoxy) is 1. The van der Waals surface area contributed by atoms with Crippen LogP contribution in [0.3, 0.4) is 0 Å². The molecule has 9 nitrogen and oxygen atoms in total. The van der Waals surface area contributed by atoms with Crippen LogP contribution < -0.4 is 4.31 Å². The molecule has 0 aliphatic heterocycles. The molecule has 0 fully saturated rings. The summed E-state index contributed by atoms with van der Waals surface area (Å²) in [5, 5.41) is 0.283. The highest BCUT2D eigenvalue weighted by atomic mass is 35.5. The monoisotopic (exact) mass is 533 g/mol. The predicted octanol–water partition coefficient (Wildman–Crippen LogP) is 4.66. The minimum absolute atomic E-state index is 0.142. The first-order valence-corrected chi connectivity index (χ1v) is 12.6. The molecular weight excluding hydrogens is 513 g/mol. The number of carbonyl (C=O) groups excluding carboxylic acids is 1. The molecule has 0 saturated carbocycles. The van der Waals surface area contributed by atoms with Crippen LogP contribution in [0.5, 0.6) is 0 Å². The van der Waals surface area contributed by atoms with E-state index >= 15 is 0 Å². The molecule has 0 spiro atoms. The van der Waals surface area contributed by atoms with Crippen LogP contribution in [-0.4, -0.2) is 46.1 Å². The molecule has 0 amide bonds. The third-order valence-electron chi connectivity index (χ3n) is 4.70. The number of anilines is 1. The second kappa shape index (κ2) is 9.44. The van der Waals surface area contributed by atoms with Crippen LogP contribution in [0, 0.1) is 0 Å². The van der Waals surface area contributed by atoms with Crippen LogP contribution in [0.25, 0.3) is 17.0 Å². The van der Waals surface area contributed by atoms with Gasteiger partial charge in [-0.2, -0.15) is 0 Å². The number of benzene rings is 2. The number of carbonyl (C=O) groups is 1. The average molecular weight is 534 g/mol. The molecule has 0 saturated heterocycles. The SMILES string of the molecule is CC(C)(C)OC(=O)CN(c1ccc2ncn(-c3ncccn3)c2c1)S(=O)(=O)c1cc(Cl)cc(Cl)c1. The highest BCUT2D eigenvalue weighted by Crippen LogP contribution is 2.30. The third kappa shape index (κ3) is 5.55. The van der Waals surface area contributed by atoms with E-state index in [0.29, 0.717) is 17.0 Å². The Hall–Kier alpha value is -3.21. The molecule has 0 bridgehead atoms. The Morgan fingerprint density at radius 1 is 1.03 bits per heavy atom. The van der Waals surface area contributed by atoms with Crippen LogP contribution in [0.2, 0.25) is 10.0 Å². The maximum atomic E-state index is 13.7. The fourth-order valence-corrected chi connectivity index (χ4v) is 5.47. The Morgan fingerprint density at radius 3 is 2.31 bits per heavy atom. The van der Waals surface area contributed by atoms with Crippen molar-refractivity contribution in [2.75, 3.05) is 10.8 Å². The van der Waals surface area contributed by atoms with E-state index in [1.807, 2.05) is 0 Å². The van der Waals surface area contributed by atoms with Gasteiger partial charge in [0.05, 0.1) is 21.6 Å². The number of aromatic nitrogens is 4. The van der Waals surface area contributed by atoms with E-state index in [4.69, 9.17) is 27.9 Å².